The maximum atomic E-state index is 11.7. The fourth-order valence-electron chi connectivity index (χ4n) is 3.62. The summed E-state index contributed by atoms with van der Waals surface area (Å²) in [5.74, 6) is 1.00. The van der Waals surface area contributed by atoms with E-state index in [9.17, 15) is 4.79 Å². The first kappa shape index (κ1) is 17.4. The maximum Gasteiger partial charge on any atom is 0.245 e. The van der Waals surface area contributed by atoms with Crippen molar-refractivity contribution in [3.05, 3.63) is 18.0 Å². The van der Waals surface area contributed by atoms with E-state index in [1.54, 1.807) is 0 Å². The average Bonchev–Trinajstić information content (AvgIpc) is 2.93. The molecule has 0 aliphatic carbocycles. The van der Waals surface area contributed by atoms with Crippen molar-refractivity contribution in [2.45, 2.75) is 25.9 Å². The molecule has 1 aromatic heterocycles. The molecule has 0 saturated carbocycles. The summed E-state index contributed by atoms with van der Waals surface area (Å²) in [6.07, 6.45) is 4.16. The monoisotopic (exact) mass is 336 g/mol. The number of carbonyl (C=O) groups excluding carboxylic acids is 1. The highest BCUT2D eigenvalue weighted by Gasteiger charge is 2.25. The average molecular weight is 336 g/mol. The molecular formula is C17H28N4O3. The fourth-order valence-corrected chi connectivity index (χ4v) is 3.62. The van der Waals surface area contributed by atoms with Crippen LogP contribution < -0.4 is 5.32 Å². The summed E-state index contributed by atoms with van der Waals surface area (Å²) in [5.41, 5.74) is 1.26. The first-order valence-electron chi connectivity index (χ1n) is 8.81. The lowest BCUT2D eigenvalue weighted by Crippen LogP contribution is -2.39. The Morgan fingerprint density at radius 1 is 1.38 bits per heavy atom. The normalized spacial score (nSPS) is 22.8. The summed E-state index contributed by atoms with van der Waals surface area (Å²) in [7, 11) is 1.54. The predicted molar refractivity (Wildman–Crippen MR) is 89.4 cm³/mol. The number of ether oxygens (including phenoxy) is 2. The van der Waals surface area contributed by atoms with Crippen LogP contribution in [0.1, 0.15) is 18.5 Å². The molecule has 1 N–H and O–H groups in total. The summed E-state index contributed by atoms with van der Waals surface area (Å²) >= 11 is 0. The summed E-state index contributed by atoms with van der Waals surface area (Å²) in [6.45, 7) is 6.39. The Labute approximate surface area is 143 Å². The molecule has 1 amide bonds. The smallest absolute Gasteiger partial charge is 0.245 e. The second kappa shape index (κ2) is 8.60. The zero-order valence-corrected chi connectivity index (χ0v) is 14.4. The van der Waals surface area contributed by atoms with Gasteiger partial charge in [-0.2, -0.15) is 5.10 Å². The number of amides is 1. The van der Waals surface area contributed by atoms with Crippen molar-refractivity contribution in [2.75, 3.05) is 46.6 Å². The highest BCUT2D eigenvalue weighted by Crippen LogP contribution is 2.21. The Bertz CT molecular complexity index is 528. The van der Waals surface area contributed by atoms with E-state index in [4.69, 9.17) is 9.47 Å². The molecule has 7 nitrogen and oxygen atoms in total. The van der Waals surface area contributed by atoms with Gasteiger partial charge in [0.2, 0.25) is 5.91 Å². The summed E-state index contributed by atoms with van der Waals surface area (Å²) in [4.78, 5) is 14.2. The highest BCUT2D eigenvalue weighted by atomic mass is 16.5. The SMILES string of the molecule is COCC(=O)NC[C@H]1CN(CC2CCOCC2)Cc2ccnn2C1. The van der Waals surface area contributed by atoms with Crippen molar-refractivity contribution in [3.63, 3.8) is 0 Å². The minimum atomic E-state index is -0.0570. The highest BCUT2D eigenvalue weighted by molar-refractivity contribution is 5.77. The van der Waals surface area contributed by atoms with Gasteiger partial charge in [0.15, 0.2) is 0 Å². The molecule has 1 fully saturated rings. The standard InChI is InChI=1S/C17H28N4O3/c1-23-13-17(22)18-8-15-10-20(9-14-3-6-24-7-4-14)12-16-2-5-19-21(16)11-15/h2,5,14-15H,3-4,6-13H2,1H3,(H,18,22)/t15-/m0/s1. The third-order valence-electron chi connectivity index (χ3n) is 4.86. The van der Waals surface area contributed by atoms with Gasteiger partial charge in [0, 0.05) is 65.2 Å². The van der Waals surface area contributed by atoms with Gasteiger partial charge < -0.3 is 14.8 Å². The van der Waals surface area contributed by atoms with Gasteiger partial charge in [-0.25, -0.2) is 0 Å². The summed E-state index contributed by atoms with van der Waals surface area (Å²) in [6, 6.07) is 2.10. The Balaban J connectivity index is 1.60. The first-order valence-corrected chi connectivity index (χ1v) is 8.81. The Morgan fingerprint density at radius 3 is 3.00 bits per heavy atom. The Hall–Kier alpha value is -1.44. The van der Waals surface area contributed by atoms with E-state index in [1.165, 1.54) is 12.8 Å². The number of fused-ring (bicyclic) bond motifs is 1. The van der Waals surface area contributed by atoms with Gasteiger partial charge in [-0.05, 0) is 24.8 Å². The quantitative estimate of drug-likeness (QED) is 0.819. The molecule has 1 aromatic rings. The number of hydrogen-bond acceptors (Lipinski definition) is 5. The first-order chi connectivity index (χ1) is 11.7. The van der Waals surface area contributed by atoms with Crippen molar-refractivity contribution < 1.29 is 14.3 Å². The lowest BCUT2D eigenvalue weighted by atomic mass is 9.99. The molecule has 1 saturated heterocycles. The number of nitrogens with one attached hydrogen (secondary N) is 1. The molecule has 3 rings (SSSR count). The number of carbonyl (C=O) groups is 1. The van der Waals surface area contributed by atoms with Crippen LogP contribution in [0.2, 0.25) is 0 Å². The second-order valence-electron chi connectivity index (χ2n) is 6.86. The molecule has 3 heterocycles. The van der Waals surface area contributed by atoms with Gasteiger partial charge in [0.25, 0.3) is 0 Å². The number of nitrogens with zero attached hydrogens (tertiary/aromatic N) is 3. The Morgan fingerprint density at radius 2 is 2.21 bits per heavy atom. The number of rotatable bonds is 6. The minimum absolute atomic E-state index is 0.0570. The van der Waals surface area contributed by atoms with E-state index < -0.39 is 0 Å². The molecule has 0 bridgehead atoms. The van der Waals surface area contributed by atoms with Crippen molar-refractivity contribution >= 4 is 5.91 Å². The second-order valence-corrected chi connectivity index (χ2v) is 6.86. The van der Waals surface area contributed by atoms with Gasteiger partial charge in [0.05, 0.1) is 5.69 Å². The van der Waals surface area contributed by atoms with Crippen LogP contribution in [-0.4, -0.2) is 67.2 Å². The number of hydrogen-bond donors (Lipinski definition) is 1. The van der Waals surface area contributed by atoms with Crippen LogP contribution in [0.15, 0.2) is 12.3 Å². The van der Waals surface area contributed by atoms with E-state index in [0.717, 1.165) is 52.2 Å². The van der Waals surface area contributed by atoms with Crippen LogP contribution >= 0.6 is 0 Å². The third kappa shape index (κ3) is 4.78. The van der Waals surface area contributed by atoms with Crippen LogP contribution in [-0.2, 0) is 27.4 Å². The van der Waals surface area contributed by atoms with E-state index in [2.05, 4.69) is 26.1 Å². The molecule has 134 valence electrons. The molecule has 24 heavy (non-hydrogen) atoms. The van der Waals surface area contributed by atoms with E-state index in [0.29, 0.717) is 18.4 Å². The zero-order chi connectivity index (χ0) is 16.8. The molecule has 1 atom stereocenters. The molecular weight excluding hydrogens is 308 g/mol. The van der Waals surface area contributed by atoms with E-state index >= 15 is 0 Å². The van der Waals surface area contributed by atoms with Gasteiger partial charge >= 0.3 is 0 Å². The lowest BCUT2D eigenvalue weighted by Gasteiger charge is -2.30. The minimum Gasteiger partial charge on any atom is -0.381 e. The van der Waals surface area contributed by atoms with Crippen LogP contribution in [0.4, 0.5) is 0 Å². The van der Waals surface area contributed by atoms with Gasteiger partial charge in [-0.15, -0.1) is 0 Å². The summed E-state index contributed by atoms with van der Waals surface area (Å²) in [5, 5.41) is 7.42. The van der Waals surface area contributed by atoms with Crippen molar-refractivity contribution in [3.8, 4) is 0 Å². The molecule has 7 heteroatoms. The van der Waals surface area contributed by atoms with Gasteiger partial charge in [0.1, 0.15) is 6.61 Å². The maximum absolute atomic E-state index is 11.7. The predicted octanol–water partition coefficient (Wildman–Crippen LogP) is 0.504. The molecule has 0 unspecified atom stereocenters. The Kier molecular flexibility index (Phi) is 6.23. The van der Waals surface area contributed by atoms with Crippen LogP contribution in [0.5, 0.6) is 0 Å². The lowest BCUT2D eigenvalue weighted by molar-refractivity contribution is -0.124. The summed E-state index contributed by atoms with van der Waals surface area (Å²) < 4.78 is 12.4. The van der Waals surface area contributed by atoms with Crippen LogP contribution in [0.3, 0.4) is 0 Å². The van der Waals surface area contributed by atoms with Gasteiger partial charge in [-0.3, -0.25) is 14.4 Å². The van der Waals surface area contributed by atoms with Crippen molar-refractivity contribution in [1.82, 2.24) is 20.0 Å². The molecule has 2 aliphatic heterocycles. The number of aromatic nitrogens is 2. The topological polar surface area (TPSA) is 68.6 Å². The third-order valence-corrected chi connectivity index (χ3v) is 4.86. The largest absolute Gasteiger partial charge is 0.381 e. The molecule has 0 spiro atoms. The fraction of sp³-hybridized carbons (Fsp3) is 0.765. The van der Waals surface area contributed by atoms with Gasteiger partial charge in [-0.1, -0.05) is 0 Å². The van der Waals surface area contributed by atoms with Crippen LogP contribution in [0.25, 0.3) is 0 Å². The molecule has 2 aliphatic rings. The molecule has 0 radical (unpaired) electrons. The van der Waals surface area contributed by atoms with Crippen molar-refractivity contribution in [2.24, 2.45) is 11.8 Å². The van der Waals surface area contributed by atoms with E-state index in [-0.39, 0.29) is 12.5 Å². The van der Waals surface area contributed by atoms with E-state index in [1.807, 2.05) is 6.20 Å². The van der Waals surface area contributed by atoms with Crippen LogP contribution in [0, 0.1) is 11.8 Å². The molecule has 0 aromatic carbocycles. The van der Waals surface area contributed by atoms with Crippen molar-refractivity contribution in [1.29, 1.82) is 0 Å². The number of methoxy groups -OCH3 is 1. The zero-order valence-electron chi connectivity index (χ0n) is 14.4.